The molecule has 0 spiro atoms. The Morgan fingerprint density at radius 3 is 2.67 bits per heavy atom. The maximum atomic E-state index is 11.5. The molecular formula is C12H17ClN4O. The lowest BCUT2D eigenvalue weighted by Crippen LogP contribution is -2.40. The first-order chi connectivity index (χ1) is 8.60. The molecule has 1 saturated heterocycles. The van der Waals surface area contributed by atoms with Crippen LogP contribution in [0.5, 0.6) is 0 Å². The van der Waals surface area contributed by atoms with Crippen molar-refractivity contribution in [1.29, 1.82) is 0 Å². The first-order valence-corrected chi connectivity index (χ1v) is 6.45. The number of aryl methyl sites for hydroxylation is 1. The number of carbonyl (C=O) groups is 1. The minimum Gasteiger partial charge on any atom is -0.359 e. The molecule has 1 aromatic rings. The number of carbonyl (C=O) groups excluding carboxylic acids is 1. The van der Waals surface area contributed by atoms with Gasteiger partial charge in [-0.05, 0) is 19.8 Å². The monoisotopic (exact) mass is 268 g/mol. The van der Waals surface area contributed by atoms with Crippen LogP contribution in [0.3, 0.4) is 0 Å². The molecule has 6 heteroatoms. The van der Waals surface area contributed by atoms with Gasteiger partial charge in [-0.3, -0.25) is 4.79 Å². The SMILES string of the molecule is CNC(=O)C1CCN(c2cc(Cl)nc(C)n2)CC1. The average molecular weight is 269 g/mol. The van der Waals surface area contributed by atoms with Crippen molar-refractivity contribution in [3.05, 3.63) is 17.0 Å². The summed E-state index contributed by atoms with van der Waals surface area (Å²) in [5.41, 5.74) is 0. The minimum atomic E-state index is 0.115. The molecule has 0 radical (unpaired) electrons. The van der Waals surface area contributed by atoms with Gasteiger partial charge in [0.05, 0.1) is 0 Å². The fourth-order valence-corrected chi connectivity index (χ4v) is 2.47. The van der Waals surface area contributed by atoms with Gasteiger partial charge in [0.15, 0.2) is 0 Å². The molecule has 1 fully saturated rings. The lowest BCUT2D eigenvalue weighted by molar-refractivity contribution is -0.125. The second-order valence-corrected chi connectivity index (χ2v) is 4.86. The maximum absolute atomic E-state index is 11.5. The number of amides is 1. The van der Waals surface area contributed by atoms with E-state index in [-0.39, 0.29) is 11.8 Å². The Balaban J connectivity index is 2.03. The van der Waals surface area contributed by atoms with Crippen molar-refractivity contribution >= 4 is 23.3 Å². The van der Waals surface area contributed by atoms with E-state index >= 15 is 0 Å². The zero-order valence-electron chi connectivity index (χ0n) is 10.6. The number of piperidine rings is 1. The molecule has 2 rings (SSSR count). The number of hydrogen-bond acceptors (Lipinski definition) is 4. The van der Waals surface area contributed by atoms with Crippen molar-refractivity contribution in [3.8, 4) is 0 Å². The predicted octanol–water partition coefficient (Wildman–Crippen LogP) is 1.40. The highest BCUT2D eigenvalue weighted by atomic mass is 35.5. The summed E-state index contributed by atoms with van der Waals surface area (Å²) in [7, 11) is 1.68. The van der Waals surface area contributed by atoms with Crippen molar-refractivity contribution in [1.82, 2.24) is 15.3 Å². The average Bonchev–Trinajstić information content (AvgIpc) is 2.37. The highest BCUT2D eigenvalue weighted by Crippen LogP contribution is 2.23. The van der Waals surface area contributed by atoms with Crippen LogP contribution in [0.4, 0.5) is 5.82 Å². The molecule has 98 valence electrons. The van der Waals surface area contributed by atoms with E-state index in [0.717, 1.165) is 31.7 Å². The zero-order chi connectivity index (χ0) is 13.1. The minimum absolute atomic E-state index is 0.115. The third-order valence-electron chi connectivity index (χ3n) is 3.23. The lowest BCUT2D eigenvalue weighted by atomic mass is 9.96. The van der Waals surface area contributed by atoms with Crippen LogP contribution in [0.1, 0.15) is 18.7 Å². The van der Waals surface area contributed by atoms with Crippen molar-refractivity contribution in [2.45, 2.75) is 19.8 Å². The fourth-order valence-electron chi connectivity index (χ4n) is 2.25. The second-order valence-electron chi connectivity index (χ2n) is 4.47. The Hall–Kier alpha value is -1.36. The topological polar surface area (TPSA) is 58.1 Å². The molecule has 0 bridgehead atoms. The Bertz CT molecular complexity index is 423. The van der Waals surface area contributed by atoms with Crippen molar-refractivity contribution in [2.75, 3.05) is 25.0 Å². The summed E-state index contributed by atoms with van der Waals surface area (Å²) in [6, 6.07) is 1.77. The number of nitrogens with one attached hydrogen (secondary N) is 1. The van der Waals surface area contributed by atoms with Gasteiger partial charge < -0.3 is 10.2 Å². The summed E-state index contributed by atoms with van der Waals surface area (Å²) in [6.45, 7) is 3.47. The van der Waals surface area contributed by atoms with Gasteiger partial charge in [0.1, 0.15) is 16.8 Å². The molecule has 0 unspecified atom stereocenters. The Morgan fingerprint density at radius 2 is 2.11 bits per heavy atom. The first-order valence-electron chi connectivity index (χ1n) is 6.08. The summed E-state index contributed by atoms with van der Waals surface area (Å²) in [4.78, 5) is 22.1. The van der Waals surface area contributed by atoms with Gasteiger partial charge in [-0.15, -0.1) is 0 Å². The predicted molar refractivity (Wildman–Crippen MR) is 70.8 cm³/mol. The highest BCUT2D eigenvalue weighted by molar-refractivity contribution is 6.29. The van der Waals surface area contributed by atoms with E-state index in [2.05, 4.69) is 20.2 Å². The highest BCUT2D eigenvalue weighted by Gasteiger charge is 2.25. The molecular weight excluding hydrogens is 252 g/mol. The Morgan fingerprint density at radius 1 is 1.44 bits per heavy atom. The zero-order valence-corrected chi connectivity index (χ0v) is 11.4. The van der Waals surface area contributed by atoms with E-state index in [0.29, 0.717) is 11.0 Å². The van der Waals surface area contributed by atoms with Crippen LogP contribution in [0.25, 0.3) is 0 Å². The standard InChI is InChI=1S/C12H17ClN4O/c1-8-15-10(13)7-11(16-8)17-5-3-9(4-6-17)12(18)14-2/h7,9H,3-6H2,1-2H3,(H,14,18). The third-order valence-corrected chi connectivity index (χ3v) is 3.42. The largest absolute Gasteiger partial charge is 0.359 e. The molecule has 18 heavy (non-hydrogen) atoms. The molecule has 1 N–H and O–H groups in total. The van der Waals surface area contributed by atoms with Gasteiger partial charge in [0.2, 0.25) is 5.91 Å². The Labute approximate surface area is 112 Å². The molecule has 0 saturated carbocycles. The van der Waals surface area contributed by atoms with E-state index < -0.39 is 0 Å². The van der Waals surface area contributed by atoms with Gasteiger partial charge in [0, 0.05) is 32.1 Å². The van der Waals surface area contributed by atoms with Crippen LogP contribution >= 0.6 is 11.6 Å². The van der Waals surface area contributed by atoms with E-state index in [4.69, 9.17) is 11.6 Å². The molecule has 1 aromatic heterocycles. The molecule has 1 aliphatic heterocycles. The molecule has 2 heterocycles. The summed E-state index contributed by atoms with van der Waals surface area (Å²) in [5, 5.41) is 3.17. The van der Waals surface area contributed by atoms with Crippen LogP contribution in [-0.2, 0) is 4.79 Å². The van der Waals surface area contributed by atoms with Crippen LogP contribution in [0.2, 0.25) is 5.15 Å². The quantitative estimate of drug-likeness (QED) is 0.824. The number of anilines is 1. The van der Waals surface area contributed by atoms with E-state index in [1.807, 2.05) is 6.92 Å². The van der Waals surface area contributed by atoms with E-state index in [1.54, 1.807) is 13.1 Å². The molecule has 0 aromatic carbocycles. The van der Waals surface area contributed by atoms with Crippen LogP contribution in [0.15, 0.2) is 6.07 Å². The number of aromatic nitrogens is 2. The van der Waals surface area contributed by atoms with Gasteiger partial charge in [-0.1, -0.05) is 11.6 Å². The number of nitrogens with zero attached hydrogens (tertiary/aromatic N) is 3. The van der Waals surface area contributed by atoms with Gasteiger partial charge in [0.25, 0.3) is 0 Å². The fraction of sp³-hybridized carbons (Fsp3) is 0.583. The summed E-state index contributed by atoms with van der Waals surface area (Å²) < 4.78 is 0. The van der Waals surface area contributed by atoms with Crippen LogP contribution in [-0.4, -0.2) is 36.0 Å². The lowest BCUT2D eigenvalue weighted by Gasteiger charge is -2.32. The van der Waals surface area contributed by atoms with Crippen LogP contribution in [0, 0.1) is 12.8 Å². The summed E-state index contributed by atoms with van der Waals surface area (Å²) in [5.74, 6) is 1.77. The van der Waals surface area contributed by atoms with Crippen molar-refractivity contribution in [2.24, 2.45) is 5.92 Å². The normalized spacial score (nSPS) is 16.7. The number of rotatable bonds is 2. The smallest absolute Gasteiger partial charge is 0.222 e. The molecule has 0 atom stereocenters. The van der Waals surface area contributed by atoms with E-state index in [9.17, 15) is 4.79 Å². The van der Waals surface area contributed by atoms with Gasteiger partial charge in [-0.2, -0.15) is 0 Å². The van der Waals surface area contributed by atoms with E-state index in [1.165, 1.54) is 0 Å². The first kappa shape index (κ1) is 13.1. The summed E-state index contributed by atoms with van der Waals surface area (Å²) >= 11 is 5.93. The molecule has 1 amide bonds. The molecule has 0 aliphatic carbocycles. The second kappa shape index (κ2) is 5.52. The molecule has 5 nitrogen and oxygen atoms in total. The number of halogens is 1. The molecule has 1 aliphatic rings. The van der Waals surface area contributed by atoms with Gasteiger partial charge >= 0.3 is 0 Å². The van der Waals surface area contributed by atoms with Gasteiger partial charge in [-0.25, -0.2) is 9.97 Å². The summed E-state index contributed by atoms with van der Waals surface area (Å²) in [6.07, 6.45) is 1.70. The third kappa shape index (κ3) is 2.90. The van der Waals surface area contributed by atoms with Crippen molar-refractivity contribution < 1.29 is 4.79 Å². The van der Waals surface area contributed by atoms with Crippen LogP contribution < -0.4 is 10.2 Å². The Kier molecular flexibility index (Phi) is 4.01. The maximum Gasteiger partial charge on any atom is 0.222 e. The number of hydrogen-bond donors (Lipinski definition) is 1. The van der Waals surface area contributed by atoms with Crippen molar-refractivity contribution in [3.63, 3.8) is 0 Å².